The van der Waals surface area contributed by atoms with Gasteiger partial charge in [0.15, 0.2) is 0 Å². The maximum Gasteiger partial charge on any atom is 0.261 e. The van der Waals surface area contributed by atoms with E-state index in [4.69, 9.17) is 10.5 Å². The molecule has 0 radical (unpaired) electrons. The van der Waals surface area contributed by atoms with E-state index in [-0.39, 0.29) is 18.6 Å². The van der Waals surface area contributed by atoms with Crippen LogP contribution in [0.25, 0.3) is 0 Å². The number of nitrogens with zero attached hydrogens (tertiary/aromatic N) is 5. The fourth-order valence-electron chi connectivity index (χ4n) is 1.71. The van der Waals surface area contributed by atoms with Gasteiger partial charge < -0.3 is 10.5 Å². The maximum absolute atomic E-state index is 11.8. The van der Waals surface area contributed by atoms with Gasteiger partial charge >= 0.3 is 0 Å². The standard InChI is InChI=1S/C13H15Br2N7O2/c1-7(2)24-12-8(3-9(14)4-10(12)15)5-17-18-11(23)6-22-13(16)19-20-21-22/h3-5,7H,6H2,1-2H3,(H,18,23)(H2,16,19,21)/b17-5-. The zero-order valence-corrected chi connectivity index (χ0v) is 16.1. The van der Waals surface area contributed by atoms with E-state index < -0.39 is 5.91 Å². The summed E-state index contributed by atoms with van der Waals surface area (Å²) in [5.74, 6) is 0.277. The van der Waals surface area contributed by atoms with Crippen LogP contribution in [0.4, 0.5) is 5.95 Å². The molecular weight excluding hydrogens is 446 g/mol. The zero-order valence-electron chi connectivity index (χ0n) is 12.9. The summed E-state index contributed by atoms with van der Waals surface area (Å²) >= 11 is 6.86. The molecule has 2 aromatic rings. The second-order valence-corrected chi connectivity index (χ2v) is 6.73. The molecule has 0 saturated heterocycles. The van der Waals surface area contributed by atoms with E-state index in [2.05, 4.69) is 57.9 Å². The number of amides is 1. The number of hydrazone groups is 1. The van der Waals surface area contributed by atoms with Gasteiger partial charge in [-0.2, -0.15) is 5.10 Å². The second kappa shape index (κ2) is 8.20. The van der Waals surface area contributed by atoms with Crippen molar-refractivity contribution in [3.63, 3.8) is 0 Å². The highest BCUT2D eigenvalue weighted by molar-refractivity contribution is 9.11. The number of hydrogen-bond acceptors (Lipinski definition) is 7. The Labute approximate surface area is 154 Å². The van der Waals surface area contributed by atoms with Gasteiger partial charge in [0.1, 0.15) is 12.3 Å². The van der Waals surface area contributed by atoms with Gasteiger partial charge in [0.25, 0.3) is 5.91 Å². The van der Waals surface area contributed by atoms with Crippen molar-refractivity contribution in [3.8, 4) is 5.75 Å². The predicted octanol–water partition coefficient (Wildman–Crippen LogP) is 1.72. The highest BCUT2D eigenvalue weighted by Gasteiger charge is 2.11. The lowest BCUT2D eigenvalue weighted by molar-refractivity contribution is -0.121. The van der Waals surface area contributed by atoms with Crippen LogP contribution < -0.4 is 15.9 Å². The predicted molar refractivity (Wildman–Crippen MR) is 95.6 cm³/mol. The molecule has 128 valence electrons. The third-order valence-corrected chi connectivity index (χ3v) is 3.68. The summed E-state index contributed by atoms with van der Waals surface area (Å²) in [6, 6.07) is 3.70. The zero-order chi connectivity index (χ0) is 17.7. The number of carbonyl (C=O) groups is 1. The average molecular weight is 461 g/mol. The number of nitrogens with one attached hydrogen (secondary N) is 1. The SMILES string of the molecule is CC(C)Oc1c(Br)cc(Br)cc1/C=N\NC(=O)Cn1nnnc1N. The minimum absolute atomic E-state index is 0.00740. The number of benzene rings is 1. The molecule has 1 amide bonds. The van der Waals surface area contributed by atoms with Crippen molar-refractivity contribution in [2.45, 2.75) is 26.5 Å². The largest absolute Gasteiger partial charge is 0.489 e. The highest BCUT2D eigenvalue weighted by Crippen LogP contribution is 2.32. The Kier molecular flexibility index (Phi) is 6.26. The van der Waals surface area contributed by atoms with E-state index in [0.29, 0.717) is 11.3 Å². The fraction of sp³-hybridized carbons (Fsp3) is 0.308. The molecule has 9 nitrogen and oxygen atoms in total. The van der Waals surface area contributed by atoms with Crippen LogP contribution in [0.2, 0.25) is 0 Å². The number of ether oxygens (including phenoxy) is 1. The Morgan fingerprint density at radius 1 is 1.50 bits per heavy atom. The highest BCUT2D eigenvalue weighted by atomic mass is 79.9. The molecular formula is C13H15Br2N7O2. The first-order chi connectivity index (χ1) is 11.4. The van der Waals surface area contributed by atoms with Crippen molar-refractivity contribution < 1.29 is 9.53 Å². The van der Waals surface area contributed by atoms with Crippen molar-refractivity contribution >= 4 is 49.9 Å². The van der Waals surface area contributed by atoms with Gasteiger partial charge in [-0.15, -0.1) is 0 Å². The topological polar surface area (TPSA) is 120 Å². The summed E-state index contributed by atoms with van der Waals surface area (Å²) in [5, 5.41) is 14.4. The van der Waals surface area contributed by atoms with Gasteiger partial charge in [0.2, 0.25) is 5.95 Å². The lowest BCUT2D eigenvalue weighted by atomic mass is 10.2. The number of nitrogen functional groups attached to an aromatic ring is 1. The van der Waals surface area contributed by atoms with Crippen LogP contribution in [-0.2, 0) is 11.3 Å². The minimum atomic E-state index is -0.411. The van der Waals surface area contributed by atoms with E-state index in [9.17, 15) is 4.79 Å². The lowest BCUT2D eigenvalue weighted by Gasteiger charge is -2.14. The number of rotatable bonds is 6. The molecule has 11 heteroatoms. The molecule has 1 heterocycles. The van der Waals surface area contributed by atoms with Crippen LogP contribution in [0.1, 0.15) is 19.4 Å². The smallest absolute Gasteiger partial charge is 0.261 e. The van der Waals surface area contributed by atoms with E-state index >= 15 is 0 Å². The maximum atomic E-state index is 11.8. The number of anilines is 1. The Balaban J connectivity index is 2.08. The van der Waals surface area contributed by atoms with E-state index in [1.807, 2.05) is 26.0 Å². The third kappa shape index (κ3) is 4.99. The van der Waals surface area contributed by atoms with Crippen LogP contribution in [0.5, 0.6) is 5.75 Å². The van der Waals surface area contributed by atoms with Gasteiger partial charge in [-0.05, 0) is 52.3 Å². The van der Waals surface area contributed by atoms with E-state index in [0.717, 1.165) is 13.6 Å². The molecule has 0 fully saturated rings. The molecule has 0 bridgehead atoms. The molecule has 0 saturated carbocycles. The Bertz CT molecular complexity index is 761. The molecule has 0 aliphatic rings. The summed E-state index contributed by atoms with van der Waals surface area (Å²) < 4.78 is 8.56. The first-order valence-electron chi connectivity index (χ1n) is 6.86. The Hall–Kier alpha value is -2.01. The molecule has 1 aromatic carbocycles. The van der Waals surface area contributed by atoms with Crippen LogP contribution in [-0.4, -0.2) is 38.4 Å². The Morgan fingerprint density at radius 3 is 2.88 bits per heavy atom. The summed E-state index contributed by atoms with van der Waals surface area (Å²) in [6.07, 6.45) is 1.49. The summed E-state index contributed by atoms with van der Waals surface area (Å²) in [4.78, 5) is 11.8. The first kappa shape index (κ1) is 18.3. The van der Waals surface area contributed by atoms with Gasteiger partial charge in [-0.25, -0.2) is 10.1 Å². The van der Waals surface area contributed by atoms with Gasteiger partial charge in [0.05, 0.1) is 16.8 Å². The summed E-state index contributed by atoms with van der Waals surface area (Å²) in [6.45, 7) is 3.72. The van der Waals surface area contributed by atoms with E-state index in [1.165, 1.54) is 6.21 Å². The lowest BCUT2D eigenvalue weighted by Crippen LogP contribution is -2.24. The van der Waals surface area contributed by atoms with Crippen LogP contribution in [0, 0.1) is 0 Å². The first-order valence-corrected chi connectivity index (χ1v) is 8.44. The molecule has 0 aliphatic heterocycles. The number of carbonyl (C=O) groups excluding carboxylic acids is 1. The van der Waals surface area contributed by atoms with Gasteiger partial charge in [-0.3, -0.25) is 4.79 Å². The number of nitrogens with two attached hydrogens (primary N) is 1. The van der Waals surface area contributed by atoms with Gasteiger partial charge in [0, 0.05) is 10.0 Å². The third-order valence-electron chi connectivity index (χ3n) is 2.64. The van der Waals surface area contributed by atoms with Gasteiger partial charge in [-0.1, -0.05) is 21.0 Å². The molecule has 0 atom stereocenters. The van der Waals surface area contributed by atoms with Crippen molar-refractivity contribution in [2.75, 3.05) is 5.73 Å². The molecule has 0 spiro atoms. The number of aromatic nitrogens is 4. The van der Waals surface area contributed by atoms with E-state index in [1.54, 1.807) is 0 Å². The Morgan fingerprint density at radius 2 is 2.25 bits per heavy atom. The van der Waals surface area contributed by atoms with Crippen molar-refractivity contribution in [1.29, 1.82) is 0 Å². The number of halogens is 2. The molecule has 24 heavy (non-hydrogen) atoms. The van der Waals surface area contributed by atoms with Crippen molar-refractivity contribution in [1.82, 2.24) is 25.6 Å². The van der Waals surface area contributed by atoms with Crippen LogP contribution >= 0.6 is 31.9 Å². The molecule has 2 rings (SSSR count). The number of tetrazole rings is 1. The normalized spacial score (nSPS) is 11.2. The summed E-state index contributed by atoms with van der Waals surface area (Å²) in [7, 11) is 0. The average Bonchev–Trinajstić information content (AvgIpc) is 2.87. The monoisotopic (exact) mass is 459 g/mol. The van der Waals surface area contributed by atoms with Crippen molar-refractivity contribution in [2.24, 2.45) is 5.10 Å². The molecule has 0 aliphatic carbocycles. The van der Waals surface area contributed by atoms with Crippen molar-refractivity contribution in [3.05, 3.63) is 26.6 Å². The van der Waals surface area contributed by atoms with Crippen LogP contribution in [0.15, 0.2) is 26.2 Å². The molecule has 1 aromatic heterocycles. The summed E-state index contributed by atoms with van der Waals surface area (Å²) in [5.41, 5.74) is 8.58. The second-order valence-electron chi connectivity index (χ2n) is 4.96. The minimum Gasteiger partial charge on any atom is -0.489 e. The molecule has 0 unspecified atom stereocenters. The fourth-order valence-corrected chi connectivity index (χ4v) is 3.06. The quantitative estimate of drug-likeness (QED) is 0.500. The molecule has 3 N–H and O–H groups in total. The number of hydrogen-bond donors (Lipinski definition) is 2. The van der Waals surface area contributed by atoms with Crippen LogP contribution in [0.3, 0.4) is 0 Å².